The highest BCUT2D eigenvalue weighted by molar-refractivity contribution is 7.98. The van der Waals surface area contributed by atoms with Crippen molar-refractivity contribution in [2.24, 2.45) is 7.05 Å². The van der Waals surface area contributed by atoms with Gasteiger partial charge in [-0.2, -0.15) is 0 Å². The molecule has 0 amide bonds. The molecule has 0 radical (unpaired) electrons. The fraction of sp³-hybridized carbons (Fsp3) is 0.438. The summed E-state index contributed by atoms with van der Waals surface area (Å²) in [6, 6.07) is 6.86. The molecule has 2 aromatic rings. The summed E-state index contributed by atoms with van der Waals surface area (Å²) in [4.78, 5) is 4.34. The van der Waals surface area contributed by atoms with E-state index in [4.69, 9.17) is 4.74 Å². The predicted molar refractivity (Wildman–Crippen MR) is 87.7 cm³/mol. The van der Waals surface area contributed by atoms with Crippen molar-refractivity contribution in [2.75, 3.05) is 7.11 Å². The average Bonchev–Trinajstić information content (AvgIpc) is 2.88. The summed E-state index contributed by atoms with van der Waals surface area (Å²) in [5.41, 5.74) is 2.48. The quantitative estimate of drug-likeness (QED) is 0.797. The molecule has 0 aliphatic rings. The van der Waals surface area contributed by atoms with Crippen LogP contribution >= 0.6 is 11.8 Å². The Bertz CT molecular complexity index is 581. The molecule has 21 heavy (non-hydrogen) atoms. The van der Waals surface area contributed by atoms with Crippen LogP contribution in [0.4, 0.5) is 0 Å². The summed E-state index contributed by atoms with van der Waals surface area (Å²) in [7, 11) is 3.73. The van der Waals surface area contributed by atoms with Gasteiger partial charge in [0.15, 0.2) is 5.16 Å². The number of hydrogen-bond donors (Lipinski definition) is 1. The molecule has 0 aliphatic carbocycles. The number of nitrogens with zero attached hydrogens (tertiary/aromatic N) is 2. The lowest BCUT2D eigenvalue weighted by atomic mass is 10.1. The summed E-state index contributed by atoms with van der Waals surface area (Å²) < 4.78 is 7.49. The lowest BCUT2D eigenvalue weighted by molar-refractivity contribution is 0.411. The number of ether oxygens (including phenoxy) is 1. The molecule has 1 heterocycles. The Morgan fingerprint density at radius 3 is 2.81 bits per heavy atom. The van der Waals surface area contributed by atoms with Gasteiger partial charge in [0, 0.05) is 43.3 Å². The molecule has 0 saturated heterocycles. The highest BCUT2D eigenvalue weighted by atomic mass is 32.2. The lowest BCUT2D eigenvalue weighted by Crippen LogP contribution is -2.21. The van der Waals surface area contributed by atoms with E-state index in [-0.39, 0.29) is 0 Å². The number of hydrogen-bond acceptors (Lipinski definition) is 4. The number of aromatic nitrogens is 2. The van der Waals surface area contributed by atoms with E-state index in [0.717, 1.165) is 23.2 Å². The smallest absolute Gasteiger partial charge is 0.167 e. The molecule has 0 saturated carbocycles. The van der Waals surface area contributed by atoms with E-state index >= 15 is 0 Å². The second-order valence-corrected chi connectivity index (χ2v) is 6.23. The molecular weight excluding hydrogens is 282 g/mol. The van der Waals surface area contributed by atoms with Gasteiger partial charge in [-0.25, -0.2) is 4.98 Å². The number of rotatable bonds is 7. The number of imidazole rings is 1. The first-order valence-corrected chi connectivity index (χ1v) is 8.08. The first-order valence-electron chi connectivity index (χ1n) is 7.09. The second kappa shape index (κ2) is 7.52. The summed E-state index contributed by atoms with van der Waals surface area (Å²) in [6.07, 6.45) is 3.78. The van der Waals surface area contributed by atoms with Crippen molar-refractivity contribution in [3.63, 3.8) is 0 Å². The van der Waals surface area contributed by atoms with Crippen LogP contribution in [0, 0.1) is 0 Å². The number of nitrogens with one attached hydrogen (secondary N) is 1. The van der Waals surface area contributed by atoms with Crippen LogP contribution in [0.3, 0.4) is 0 Å². The zero-order valence-electron chi connectivity index (χ0n) is 13.1. The molecule has 4 nitrogen and oxygen atoms in total. The Balaban J connectivity index is 2.08. The van der Waals surface area contributed by atoms with E-state index in [2.05, 4.69) is 36.3 Å². The first-order chi connectivity index (χ1) is 10.1. The molecule has 0 aliphatic heterocycles. The van der Waals surface area contributed by atoms with Gasteiger partial charge in [-0.15, -0.1) is 0 Å². The molecular formula is C16H23N3OS. The zero-order chi connectivity index (χ0) is 15.2. The van der Waals surface area contributed by atoms with Gasteiger partial charge >= 0.3 is 0 Å². The first kappa shape index (κ1) is 15.9. The lowest BCUT2D eigenvalue weighted by Gasteiger charge is -2.12. The maximum absolute atomic E-state index is 5.47. The van der Waals surface area contributed by atoms with Gasteiger partial charge in [-0.05, 0) is 17.7 Å². The van der Waals surface area contributed by atoms with Crippen LogP contribution in [-0.2, 0) is 19.3 Å². The Hall–Kier alpha value is -1.46. The van der Waals surface area contributed by atoms with Crippen molar-refractivity contribution in [3.05, 3.63) is 41.7 Å². The van der Waals surface area contributed by atoms with E-state index in [1.807, 2.05) is 30.1 Å². The van der Waals surface area contributed by atoms with Gasteiger partial charge < -0.3 is 14.6 Å². The molecule has 2 rings (SSSR count). The normalized spacial score (nSPS) is 11.1. The fourth-order valence-electron chi connectivity index (χ4n) is 2.01. The Morgan fingerprint density at radius 2 is 2.19 bits per heavy atom. The van der Waals surface area contributed by atoms with Crippen molar-refractivity contribution in [2.45, 2.75) is 37.3 Å². The monoisotopic (exact) mass is 305 g/mol. The summed E-state index contributed by atoms with van der Waals surface area (Å²) >= 11 is 1.72. The number of aryl methyl sites for hydroxylation is 1. The minimum Gasteiger partial charge on any atom is -0.496 e. The van der Waals surface area contributed by atoms with Gasteiger partial charge in [-0.1, -0.05) is 31.7 Å². The Morgan fingerprint density at radius 1 is 1.38 bits per heavy atom. The molecule has 0 atom stereocenters. The Kier molecular flexibility index (Phi) is 5.70. The van der Waals surface area contributed by atoms with Gasteiger partial charge in [0.25, 0.3) is 0 Å². The average molecular weight is 305 g/mol. The highest BCUT2D eigenvalue weighted by Crippen LogP contribution is 2.27. The van der Waals surface area contributed by atoms with Crippen LogP contribution in [0.15, 0.2) is 35.7 Å². The van der Waals surface area contributed by atoms with Gasteiger partial charge in [-0.3, -0.25) is 0 Å². The third-order valence-electron chi connectivity index (χ3n) is 3.19. The van der Waals surface area contributed by atoms with Crippen molar-refractivity contribution in [1.29, 1.82) is 0 Å². The van der Waals surface area contributed by atoms with Crippen LogP contribution in [0.1, 0.15) is 25.0 Å². The molecule has 0 spiro atoms. The van der Waals surface area contributed by atoms with Gasteiger partial charge in [0.05, 0.1) is 7.11 Å². The van der Waals surface area contributed by atoms with E-state index < -0.39 is 0 Å². The van der Waals surface area contributed by atoms with Crippen molar-refractivity contribution >= 4 is 11.8 Å². The Labute approximate surface area is 130 Å². The van der Waals surface area contributed by atoms with Gasteiger partial charge in [0.1, 0.15) is 5.75 Å². The van der Waals surface area contributed by atoms with Gasteiger partial charge in [0.2, 0.25) is 0 Å². The molecule has 0 fully saturated rings. The van der Waals surface area contributed by atoms with E-state index in [1.165, 1.54) is 11.1 Å². The molecule has 1 aromatic heterocycles. The highest BCUT2D eigenvalue weighted by Gasteiger charge is 2.08. The van der Waals surface area contributed by atoms with Crippen LogP contribution in [0.5, 0.6) is 5.75 Å². The molecule has 0 bridgehead atoms. The molecule has 114 valence electrons. The number of thioether (sulfide) groups is 1. The van der Waals surface area contributed by atoms with Crippen molar-refractivity contribution in [1.82, 2.24) is 14.9 Å². The third kappa shape index (κ3) is 4.51. The largest absolute Gasteiger partial charge is 0.496 e. The molecule has 5 heteroatoms. The zero-order valence-corrected chi connectivity index (χ0v) is 13.9. The van der Waals surface area contributed by atoms with Crippen molar-refractivity contribution < 1.29 is 4.74 Å². The van der Waals surface area contributed by atoms with Crippen molar-refractivity contribution in [3.8, 4) is 5.75 Å². The molecule has 0 unspecified atom stereocenters. The third-order valence-corrected chi connectivity index (χ3v) is 4.30. The van der Waals surface area contributed by atoms with Crippen LogP contribution in [-0.4, -0.2) is 22.7 Å². The van der Waals surface area contributed by atoms with E-state index in [1.54, 1.807) is 18.9 Å². The number of methoxy groups -OCH3 is 1. The van der Waals surface area contributed by atoms with E-state index in [9.17, 15) is 0 Å². The summed E-state index contributed by atoms with van der Waals surface area (Å²) in [5.74, 6) is 1.79. The van der Waals surface area contributed by atoms with Crippen LogP contribution in [0.2, 0.25) is 0 Å². The standard InChI is InChI=1S/C16H23N3OS/c1-12(2)18-10-13-5-6-15(20-4)14(9-13)11-21-16-17-7-8-19(16)3/h5-9,12,18H,10-11H2,1-4H3. The van der Waals surface area contributed by atoms with Crippen LogP contribution in [0.25, 0.3) is 0 Å². The van der Waals surface area contributed by atoms with Crippen LogP contribution < -0.4 is 10.1 Å². The topological polar surface area (TPSA) is 39.1 Å². The second-order valence-electron chi connectivity index (χ2n) is 5.29. The van der Waals surface area contributed by atoms with E-state index in [0.29, 0.717) is 6.04 Å². The minimum atomic E-state index is 0.484. The summed E-state index contributed by atoms with van der Waals surface area (Å²) in [6.45, 7) is 5.18. The minimum absolute atomic E-state index is 0.484. The fourth-order valence-corrected chi connectivity index (χ4v) is 2.92. The number of benzene rings is 1. The molecule has 1 aromatic carbocycles. The SMILES string of the molecule is COc1ccc(CNC(C)C)cc1CSc1nccn1C. The maximum Gasteiger partial charge on any atom is 0.167 e. The predicted octanol–water partition coefficient (Wildman–Crippen LogP) is 3.22. The maximum atomic E-state index is 5.47. The molecule has 1 N–H and O–H groups in total. The summed E-state index contributed by atoms with van der Waals surface area (Å²) in [5, 5.41) is 4.46.